The number of carbonyl (C=O) groups excluding carboxylic acids is 1. The van der Waals surface area contributed by atoms with Crippen molar-refractivity contribution >= 4 is 32.9 Å². The van der Waals surface area contributed by atoms with Crippen molar-refractivity contribution in [2.45, 2.75) is 52.6 Å². The third-order valence-corrected chi connectivity index (χ3v) is 6.93. The summed E-state index contributed by atoms with van der Waals surface area (Å²) >= 11 is 3.43. The molecule has 0 fully saturated rings. The van der Waals surface area contributed by atoms with Gasteiger partial charge in [-0.25, -0.2) is 9.18 Å². The molecule has 3 aromatic carbocycles. The van der Waals surface area contributed by atoms with Gasteiger partial charge in [-0.2, -0.15) is 0 Å². The number of fused-ring (bicyclic) bond motifs is 1. The number of aryl methyl sites for hydroxylation is 1. The molecule has 0 aliphatic heterocycles. The monoisotopic (exact) mass is 565 g/mol. The van der Waals surface area contributed by atoms with E-state index in [1.807, 2.05) is 46.8 Å². The van der Waals surface area contributed by atoms with Gasteiger partial charge in [0.25, 0.3) is 0 Å². The van der Waals surface area contributed by atoms with Crippen LogP contribution < -0.4 is 5.43 Å². The number of nitrogens with zero attached hydrogens (tertiary/aromatic N) is 1. The average Bonchev–Trinajstić information content (AvgIpc) is 2.85. The lowest BCUT2D eigenvalue weighted by Crippen LogP contribution is -2.44. The first-order valence-corrected chi connectivity index (χ1v) is 12.8. The van der Waals surface area contributed by atoms with Gasteiger partial charge in [-0.3, -0.25) is 4.79 Å². The summed E-state index contributed by atoms with van der Waals surface area (Å²) in [5.41, 5.74) is 2.80. The second kappa shape index (κ2) is 10.6. The number of halogens is 2. The van der Waals surface area contributed by atoms with Gasteiger partial charge in [0.15, 0.2) is 5.43 Å². The minimum atomic E-state index is -0.552. The van der Waals surface area contributed by atoms with Crippen LogP contribution in [0.1, 0.15) is 66.3 Å². The van der Waals surface area contributed by atoms with Gasteiger partial charge in [0.2, 0.25) is 0 Å². The molecule has 192 valence electrons. The summed E-state index contributed by atoms with van der Waals surface area (Å²) < 4.78 is 20.6. The van der Waals surface area contributed by atoms with Gasteiger partial charge in [-0.15, -0.1) is 5.06 Å². The van der Waals surface area contributed by atoms with Gasteiger partial charge in [0.1, 0.15) is 11.4 Å². The predicted molar refractivity (Wildman–Crippen MR) is 146 cm³/mol. The van der Waals surface area contributed by atoms with Gasteiger partial charge < -0.3 is 9.25 Å². The molecular weight excluding hydrogens is 537 g/mol. The highest BCUT2D eigenvalue weighted by Gasteiger charge is 2.33. The Balaban J connectivity index is 1.75. The first kappa shape index (κ1) is 26.8. The van der Waals surface area contributed by atoms with E-state index < -0.39 is 17.6 Å². The first-order chi connectivity index (χ1) is 17.5. The molecule has 1 unspecified atom stereocenters. The van der Waals surface area contributed by atoms with Gasteiger partial charge >= 0.3 is 5.97 Å². The molecule has 0 aliphatic carbocycles. The number of hydrogen-bond donors (Lipinski definition) is 0. The van der Waals surface area contributed by atoms with Crippen LogP contribution in [0.5, 0.6) is 0 Å². The minimum Gasteiger partial charge on any atom is -0.463 e. The molecule has 0 radical (unpaired) electrons. The Morgan fingerprint density at radius 3 is 2.46 bits per heavy atom. The second-order valence-electron chi connectivity index (χ2n) is 10.2. The van der Waals surface area contributed by atoms with E-state index in [9.17, 15) is 14.0 Å². The van der Waals surface area contributed by atoms with Gasteiger partial charge in [0.05, 0.1) is 23.3 Å². The van der Waals surface area contributed by atoms with E-state index in [1.165, 1.54) is 18.4 Å². The topological polar surface area (TPSA) is 59.8 Å². The first-order valence-electron chi connectivity index (χ1n) is 12.0. The number of carbonyl (C=O) groups is 1. The summed E-state index contributed by atoms with van der Waals surface area (Å²) in [5.74, 6) is -0.841. The summed E-state index contributed by atoms with van der Waals surface area (Å²) in [6, 6.07) is 16.5. The zero-order valence-corrected chi connectivity index (χ0v) is 23.1. The van der Waals surface area contributed by atoms with E-state index in [4.69, 9.17) is 9.25 Å². The van der Waals surface area contributed by atoms with E-state index in [0.29, 0.717) is 32.1 Å². The molecule has 1 aromatic heterocycles. The summed E-state index contributed by atoms with van der Waals surface area (Å²) in [4.78, 5) is 32.3. The van der Waals surface area contributed by atoms with Crippen molar-refractivity contribution in [2.24, 2.45) is 0 Å². The van der Waals surface area contributed by atoms with Gasteiger partial charge in [-0.05, 0) is 82.1 Å². The zero-order valence-electron chi connectivity index (χ0n) is 21.5. The summed E-state index contributed by atoms with van der Waals surface area (Å²) in [6.07, 6.45) is 1.66. The number of benzene rings is 3. The number of hydrogen-bond acceptors (Lipinski definition) is 5. The van der Waals surface area contributed by atoms with Crippen LogP contribution in [0.25, 0.3) is 11.0 Å². The maximum Gasteiger partial charge on any atom is 0.357 e. The highest BCUT2D eigenvalue weighted by atomic mass is 79.9. The SMILES string of the molecule is Cc1cc(C(C)N(OC(=O)c2ccccc2)C(C)(C)C)c2occ(Cc3cc(F)ccc3Br)c(=O)c2c1. The molecular formula is C30H29BrFNO4. The van der Waals surface area contributed by atoms with Crippen molar-refractivity contribution in [3.05, 3.63) is 115 Å². The Morgan fingerprint density at radius 2 is 1.78 bits per heavy atom. The fraction of sp³-hybridized carbons (Fsp3) is 0.267. The van der Waals surface area contributed by atoms with Crippen molar-refractivity contribution in [3.8, 4) is 0 Å². The minimum absolute atomic E-state index is 0.182. The maximum absolute atomic E-state index is 13.8. The highest BCUT2D eigenvalue weighted by Crippen LogP contribution is 2.34. The Kier molecular flexibility index (Phi) is 7.67. The van der Waals surface area contributed by atoms with E-state index >= 15 is 0 Å². The Labute approximate surface area is 224 Å². The molecule has 4 aromatic rings. The van der Waals surface area contributed by atoms with Crippen molar-refractivity contribution in [3.63, 3.8) is 0 Å². The molecule has 7 heteroatoms. The average molecular weight is 566 g/mol. The Hall–Kier alpha value is -3.29. The second-order valence-corrected chi connectivity index (χ2v) is 11.0. The third-order valence-electron chi connectivity index (χ3n) is 6.16. The smallest absolute Gasteiger partial charge is 0.357 e. The largest absolute Gasteiger partial charge is 0.463 e. The highest BCUT2D eigenvalue weighted by molar-refractivity contribution is 9.10. The van der Waals surface area contributed by atoms with Crippen LogP contribution in [0.2, 0.25) is 0 Å². The van der Waals surface area contributed by atoms with Crippen LogP contribution in [0.3, 0.4) is 0 Å². The molecule has 4 rings (SSSR count). The fourth-order valence-corrected chi connectivity index (χ4v) is 4.80. The van der Waals surface area contributed by atoms with E-state index in [2.05, 4.69) is 15.9 Å². The van der Waals surface area contributed by atoms with Crippen LogP contribution in [0, 0.1) is 12.7 Å². The summed E-state index contributed by atoms with van der Waals surface area (Å²) in [7, 11) is 0. The molecule has 1 atom stereocenters. The lowest BCUT2D eigenvalue weighted by atomic mass is 9.97. The normalized spacial score (nSPS) is 12.6. The molecule has 0 bridgehead atoms. The van der Waals surface area contributed by atoms with E-state index in [1.54, 1.807) is 41.5 Å². The molecule has 37 heavy (non-hydrogen) atoms. The van der Waals surface area contributed by atoms with Crippen LogP contribution in [-0.4, -0.2) is 16.6 Å². The maximum atomic E-state index is 13.8. The molecule has 0 saturated heterocycles. The Bertz CT molecular complexity index is 1510. The molecule has 0 N–H and O–H groups in total. The van der Waals surface area contributed by atoms with Crippen molar-refractivity contribution in [1.82, 2.24) is 5.06 Å². The molecule has 0 aliphatic rings. The van der Waals surface area contributed by atoms with E-state index in [0.717, 1.165) is 11.1 Å². The summed E-state index contributed by atoms with van der Waals surface area (Å²) in [5, 5.41) is 2.06. The van der Waals surface area contributed by atoms with Crippen LogP contribution in [0.15, 0.2) is 80.6 Å². The van der Waals surface area contributed by atoms with Crippen LogP contribution in [0.4, 0.5) is 4.39 Å². The third kappa shape index (κ3) is 5.84. The summed E-state index contributed by atoms with van der Waals surface area (Å²) in [6.45, 7) is 9.67. The molecule has 5 nitrogen and oxygen atoms in total. The zero-order chi connectivity index (χ0) is 26.9. The van der Waals surface area contributed by atoms with Crippen LogP contribution in [-0.2, 0) is 11.3 Å². The fourth-order valence-electron chi connectivity index (χ4n) is 4.41. The predicted octanol–water partition coefficient (Wildman–Crippen LogP) is 7.53. The van der Waals surface area contributed by atoms with Crippen LogP contribution >= 0.6 is 15.9 Å². The lowest BCUT2D eigenvalue weighted by Gasteiger charge is -2.38. The van der Waals surface area contributed by atoms with Gasteiger partial charge in [-0.1, -0.05) is 40.2 Å². The van der Waals surface area contributed by atoms with Crippen molar-refractivity contribution in [2.75, 3.05) is 0 Å². The standard InChI is InChI=1S/C30H29BrFNO4/c1-18-13-24(19(2)33(30(3,4)5)37-29(35)20-9-7-6-8-10-20)28-25(14-18)27(34)22(17-36-28)15-21-16-23(32)11-12-26(21)31/h6-14,16-17,19H,15H2,1-5H3. The molecule has 1 heterocycles. The Morgan fingerprint density at radius 1 is 1.08 bits per heavy atom. The number of rotatable bonds is 6. The molecule has 0 amide bonds. The lowest BCUT2D eigenvalue weighted by molar-refractivity contribution is -0.188. The van der Waals surface area contributed by atoms with E-state index in [-0.39, 0.29) is 17.7 Å². The van der Waals surface area contributed by atoms with Crippen molar-refractivity contribution < 1.29 is 18.4 Å². The molecule has 0 saturated carbocycles. The molecule has 0 spiro atoms. The quantitative estimate of drug-likeness (QED) is 0.226. The van der Waals surface area contributed by atoms with Crippen molar-refractivity contribution in [1.29, 1.82) is 0 Å². The van der Waals surface area contributed by atoms with Gasteiger partial charge in [0, 0.05) is 27.6 Å². The number of hydroxylamine groups is 2.